The third-order valence-corrected chi connectivity index (χ3v) is 5.07. The molecular formula is C20H26ClIN4O. The highest BCUT2D eigenvalue weighted by atomic mass is 127. The number of methoxy groups -OCH3 is 1. The van der Waals surface area contributed by atoms with E-state index in [1.165, 1.54) is 5.56 Å². The molecule has 1 aliphatic rings. The molecule has 1 heterocycles. The van der Waals surface area contributed by atoms with Crippen LogP contribution in [-0.2, 0) is 11.8 Å². The van der Waals surface area contributed by atoms with E-state index in [1.807, 2.05) is 24.3 Å². The van der Waals surface area contributed by atoms with Gasteiger partial charge < -0.3 is 15.4 Å². The van der Waals surface area contributed by atoms with Crippen LogP contribution in [0.15, 0.2) is 47.6 Å². The fourth-order valence-electron chi connectivity index (χ4n) is 3.13. The summed E-state index contributed by atoms with van der Waals surface area (Å²) < 4.78 is 5.54. The molecule has 1 aliphatic carbocycles. The van der Waals surface area contributed by atoms with E-state index in [-0.39, 0.29) is 29.4 Å². The molecule has 1 saturated carbocycles. The van der Waals surface area contributed by atoms with Crippen LogP contribution >= 0.6 is 35.6 Å². The largest absolute Gasteiger partial charge is 0.496 e. The number of aliphatic imine (C=N–C) groups is 1. The molecule has 2 aromatic rings. The molecule has 0 saturated heterocycles. The lowest BCUT2D eigenvalue weighted by Crippen LogP contribution is -2.42. The van der Waals surface area contributed by atoms with Gasteiger partial charge in [0.25, 0.3) is 0 Å². The van der Waals surface area contributed by atoms with Crippen molar-refractivity contribution in [2.45, 2.75) is 24.7 Å². The summed E-state index contributed by atoms with van der Waals surface area (Å²) in [6.07, 6.45) is 4.99. The van der Waals surface area contributed by atoms with Crippen LogP contribution in [0.5, 0.6) is 5.75 Å². The van der Waals surface area contributed by atoms with Crippen molar-refractivity contribution < 1.29 is 4.74 Å². The number of benzene rings is 1. The van der Waals surface area contributed by atoms with Crippen LogP contribution in [0.3, 0.4) is 0 Å². The lowest BCUT2D eigenvalue weighted by Gasteiger charge is -2.21. The van der Waals surface area contributed by atoms with E-state index < -0.39 is 0 Å². The van der Waals surface area contributed by atoms with Gasteiger partial charge in [-0.2, -0.15) is 0 Å². The van der Waals surface area contributed by atoms with Crippen LogP contribution in [0.1, 0.15) is 24.0 Å². The molecule has 0 spiro atoms. The van der Waals surface area contributed by atoms with Gasteiger partial charge in [-0.1, -0.05) is 35.9 Å². The average molecular weight is 501 g/mol. The summed E-state index contributed by atoms with van der Waals surface area (Å²) in [5.74, 6) is 1.78. The average Bonchev–Trinajstić information content (AvgIpc) is 3.47. The second-order valence-electron chi connectivity index (χ2n) is 6.57. The quantitative estimate of drug-likeness (QED) is 0.263. The lowest BCUT2D eigenvalue weighted by molar-refractivity contribution is 0.403. The Morgan fingerprint density at radius 3 is 2.63 bits per heavy atom. The van der Waals surface area contributed by atoms with Crippen molar-refractivity contribution in [2.75, 3.05) is 27.2 Å². The van der Waals surface area contributed by atoms with E-state index in [0.29, 0.717) is 5.15 Å². The zero-order valence-corrected chi connectivity index (χ0v) is 18.8. The summed E-state index contributed by atoms with van der Waals surface area (Å²) in [6, 6.07) is 12.1. The molecule has 0 atom stereocenters. The normalized spacial score (nSPS) is 14.9. The minimum absolute atomic E-state index is 0. The van der Waals surface area contributed by atoms with Crippen LogP contribution < -0.4 is 15.4 Å². The molecule has 27 heavy (non-hydrogen) atoms. The monoisotopic (exact) mass is 500 g/mol. The highest BCUT2D eigenvalue weighted by molar-refractivity contribution is 14.0. The van der Waals surface area contributed by atoms with Gasteiger partial charge in [0.05, 0.1) is 7.11 Å². The van der Waals surface area contributed by atoms with Gasteiger partial charge in [0.2, 0.25) is 0 Å². The maximum Gasteiger partial charge on any atom is 0.191 e. The first kappa shape index (κ1) is 21.8. The third kappa shape index (κ3) is 5.72. The number of nitrogens with one attached hydrogen (secondary N) is 2. The fourth-order valence-corrected chi connectivity index (χ4v) is 3.24. The smallest absolute Gasteiger partial charge is 0.191 e. The Morgan fingerprint density at radius 2 is 2.00 bits per heavy atom. The number of ether oxygens (including phenoxy) is 1. The van der Waals surface area contributed by atoms with Crippen molar-refractivity contribution in [2.24, 2.45) is 4.99 Å². The van der Waals surface area contributed by atoms with Gasteiger partial charge >= 0.3 is 0 Å². The molecule has 0 radical (unpaired) electrons. The molecule has 2 N–H and O–H groups in total. The van der Waals surface area contributed by atoms with Gasteiger partial charge in [-0.15, -0.1) is 24.0 Å². The first-order chi connectivity index (χ1) is 12.7. The van der Waals surface area contributed by atoms with Crippen LogP contribution in [0.2, 0.25) is 5.15 Å². The number of pyridine rings is 1. The number of guanidine groups is 1. The Kier molecular flexibility index (Phi) is 8.16. The van der Waals surface area contributed by atoms with Crippen LogP contribution in [0, 0.1) is 0 Å². The summed E-state index contributed by atoms with van der Waals surface area (Å²) in [5.41, 5.74) is 2.56. The van der Waals surface area contributed by atoms with Crippen molar-refractivity contribution in [1.29, 1.82) is 0 Å². The number of halogens is 2. The Bertz CT molecular complexity index is 763. The minimum Gasteiger partial charge on any atom is -0.496 e. The van der Waals surface area contributed by atoms with E-state index in [4.69, 9.17) is 16.3 Å². The summed E-state index contributed by atoms with van der Waals surface area (Å²) in [5, 5.41) is 7.34. The highest BCUT2D eigenvalue weighted by Crippen LogP contribution is 2.50. The second kappa shape index (κ2) is 10.1. The Labute approximate surface area is 183 Å². The summed E-state index contributed by atoms with van der Waals surface area (Å²) >= 11 is 5.82. The van der Waals surface area contributed by atoms with Gasteiger partial charge in [0.1, 0.15) is 10.9 Å². The number of hydrogen-bond acceptors (Lipinski definition) is 3. The molecule has 146 valence electrons. The van der Waals surface area contributed by atoms with Crippen molar-refractivity contribution in [3.05, 3.63) is 58.9 Å². The van der Waals surface area contributed by atoms with Crippen molar-refractivity contribution in [3.63, 3.8) is 0 Å². The molecule has 3 rings (SSSR count). The highest BCUT2D eigenvalue weighted by Gasteiger charge is 2.46. The van der Waals surface area contributed by atoms with Crippen molar-refractivity contribution in [3.8, 4) is 5.75 Å². The van der Waals surface area contributed by atoms with Gasteiger partial charge in [0, 0.05) is 37.3 Å². The fraction of sp³-hybridized carbons (Fsp3) is 0.400. The number of para-hydroxylation sites is 1. The molecule has 0 bridgehead atoms. The number of hydrogen-bond donors (Lipinski definition) is 2. The Balaban J connectivity index is 0.00000261. The summed E-state index contributed by atoms with van der Waals surface area (Å²) in [6.45, 7) is 1.63. The Hall–Kier alpha value is -1.54. The molecule has 5 nitrogen and oxygen atoms in total. The maximum atomic E-state index is 5.82. The topological polar surface area (TPSA) is 58.5 Å². The molecule has 1 fully saturated rings. The van der Waals surface area contributed by atoms with Crippen LogP contribution in [-0.4, -0.2) is 38.2 Å². The third-order valence-electron chi connectivity index (χ3n) is 4.84. The molecule has 0 amide bonds. The van der Waals surface area contributed by atoms with Gasteiger partial charge in [-0.25, -0.2) is 4.98 Å². The first-order valence-corrected chi connectivity index (χ1v) is 9.23. The number of nitrogens with zero attached hydrogens (tertiary/aromatic N) is 2. The number of rotatable bonds is 7. The van der Waals surface area contributed by atoms with Crippen molar-refractivity contribution >= 4 is 41.5 Å². The molecule has 1 aromatic carbocycles. The Morgan fingerprint density at radius 1 is 1.22 bits per heavy atom. The minimum atomic E-state index is 0. The molecule has 1 aromatic heterocycles. The van der Waals surface area contributed by atoms with E-state index in [1.54, 1.807) is 20.4 Å². The maximum absolute atomic E-state index is 5.82. The molecule has 0 unspecified atom stereocenters. The van der Waals surface area contributed by atoms with Gasteiger partial charge in [-0.3, -0.25) is 4.99 Å². The standard InChI is InChI=1S/C20H25ClN4O.HI/c1-22-19(23-12-9-15-7-8-18(21)24-13-15)25-14-20(10-11-20)16-5-3-4-6-17(16)26-2;/h3-8,13H,9-12,14H2,1-2H3,(H2,22,23,25);1H. The predicted octanol–water partition coefficient (Wildman–Crippen LogP) is 3.80. The molecular weight excluding hydrogens is 475 g/mol. The van der Waals surface area contributed by atoms with Crippen LogP contribution in [0.4, 0.5) is 0 Å². The van der Waals surface area contributed by atoms with E-state index >= 15 is 0 Å². The summed E-state index contributed by atoms with van der Waals surface area (Å²) in [4.78, 5) is 8.43. The van der Waals surface area contributed by atoms with Crippen LogP contribution in [0.25, 0.3) is 0 Å². The van der Waals surface area contributed by atoms with E-state index in [2.05, 4.69) is 32.7 Å². The number of aromatic nitrogens is 1. The van der Waals surface area contributed by atoms with E-state index in [0.717, 1.165) is 49.6 Å². The predicted molar refractivity (Wildman–Crippen MR) is 122 cm³/mol. The lowest BCUT2D eigenvalue weighted by atomic mass is 9.95. The zero-order chi connectivity index (χ0) is 18.4. The van der Waals surface area contributed by atoms with Gasteiger partial charge in [-0.05, 0) is 37.0 Å². The van der Waals surface area contributed by atoms with Gasteiger partial charge in [0.15, 0.2) is 5.96 Å². The second-order valence-corrected chi connectivity index (χ2v) is 6.96. The zero-order valence-electron chi connectivity index (χ0n) is 15.7. The van der Waals surface area contributed by atoms with E-state index in [9.17, 15) is 0 Å². The summed E-state index contributed by atoms with van der Waals surface area (Å²) in [7, 11) is 3.52. The molecule has 7 heteroatoms. The van der Waals surface area contributed by atoms with Crippen molar-refractivity contribution in [1.82, 2.24) is 15.6 Å². The first-order valence-electron chi connectivity index (χ1n) is 8.85. The SMILES string of the molecule is CN=C(NCCc1ccc(Cl)nc1)NCC1(c2ccccc2OC)CC1.I. The molecule has 0 aliphatic heterocycles.